The molecule has 1 atom stereocenters. The van der Waals surface area contributed by atoms with E-state index in [0.717, 1.165) is 6.54 Å². The van der Waals surface area contributed by atoms with Crippen molar-refractivity contribution in [2.75, 3.05) is 20.1 Å². The van der Waals surface area contributed by atoms with Crippen LogP contribution < -0.4 is 10.6 Å². The Morgan fingerprint density at radius 3 is 2.23 bits per heavy atom. The van der Waals surface area contributed by atoms with Crippen LogP contribution >= 0.6 is 0 Å². The minimum Gasteiger partial charge on any atom is -0.320 e. The Morgan fingerprint density at radius 1 is 1.15 bits per heavy atom. The van der Waals surface area contributed by atoms with Crippen LogP contribution in [0.2, 0.25) is 0 Å². The van der Waals surface area contributed by atoms with Crippen LogP contribution in [0, 0.1) is 0 Å². The molecule has 0 amide bonds. The van der Waals surface area contributed by atoms with Crippen LogP contribution in [0.5, 0.6) is 0 Å². The van der Waals surface area contributed by atoms with Gasteiger partial charge < -0.3 is 10.6 Å². The van der Waals surface area contributed by atoms with Gasteiger partial charge in [0.05, 0.1) is 0 Å². The van der Waals surface area contributed by atoms with Gasteiger partial charge in [0.15, 0.2) is 0 Å². The summed E-state index contributed by atoms with van der Waals surface area (Å²) in [4.78, 5) is 0. The quantitative estimate of drug-likeness (QED) is 0.600. The average Bonchev–Trinajstić information content (AvgIpc) is 2.18. The summed E-state index contributed by atoms with van der Waals surface area (Å²) in [5, 5.41) is 6.63. The Hall–Kier alpha value is -0.0800. The van der Waals surface area contributed by atoms with Crippen molar-refractivity contribution in [1.29, 1.82) is 0 Å². The molecule has 0 aliphatic carbocycles. The zero-order valence-corrected chi connectivity index (χ0v) is 10.1. The predicted molar refractivity (Wildman–Crippen MR) is 62.3 cm³/mol. The number of nitrogens with one attached hydrogen (secondary N) is 2. The Balaban J connectivity index is 0. The first-order valence-corrected chi connectivity index (χ1v) is 5.69. The van der Waals surface area contributed by atoms with Crippen LogP contribution in [0.3, 0.4) is 0 Å². The first-order chi connectivity index (χ1) is 6.31. The fourth-order valence-electron chi connectivity index (χ4n) is 0.988. The van der Waals surface area contributed by atoms with Crippen molar-refractivity contribution in [2.24, 2.45) is 0 Å². The van der Waals surface area contributed by atoms with E-state index in [2.05, 4.69) is 24.5 Å². The summed E-state index contributed by atoms with van der Waals surface area (Å²) in [5.74, 6) is 0. The lowest BCUT2D eigenvalue weighted by Gasteiger charge is -2.12. The molecule has 0 aromatic carbocycles. The second-order valence-corrected chi connectivity index (χ2v) is 3.10. The zero-order chi connectivity index (χ0) is 10.5. The fraction of sp³-hybridized carbons (Fsp3) is 1.00. The van der Waals surface area contributed by atoms with Crippen LogP contribution in [0.15, 0.2) is 0 Å². The van der Waals surface area contributed by atoms with Gasteiger partial charge in [-0.1, -0.05) is 27.2 Å². The van der Waals surface area contributed by atoms with E-state index in [1.807, 2.05) is 20.9 Å². The fourth-order valence-corrected chi connectivity index (χ4v) is 0.988. The summed E-state index contributed by atoms with van der Waals surface area (Å²) in [5.41, 5.74) is 0. The van der Waals surface area contributed by atoms with Crippen LogP contribution in [0.1, 0.15) is 47.0 Å². The zero-order valence-electron chi connectivity index (χ0n) is 10.1. The van der Waals surface area contributed by atoms with Gasteiger partial charge in [0.25, 0.3) is 0 Å². The molecule has 1 unspecified atom stereocenters. The maximum Gasteiger partial charge on any atom is 0.00508 e. The largest absolute Gasteiger partial charge is 0.320 e. The van der Waals surface area contributed by atoms with Crippen LogP contribution in [-0.4, -0.2) is 26.2 Å². The van der Waals surface area contributed by atoms with Crippen molar-refractivity contribution in [2.45, 2.75) is 53.0 Å². The Kier molecular flexibility index (Phi) is 17.1. The molecular weight excluding hydrogens is 160 g/mol. The van der Waals surface area contributed by atoms with E-state index >= 15 is 0 Å². The van der Waals surface area contributed by atoms with Crippen molar-refractivity contribution in [3.63, 3.8) is 0 Å². The van der Waals surface area contributed by atoms with Crippen molar-refractivity contribution in [1.82, 2.24) is 10.6 Å². The van der Waals surface area contributed by atoms with Crippen molar-refractivity contribution in [3.05, 3.63) is 0 Å². The lowest BCUT2D eigenvalue weighted by molar-refractivity contribution is 0.495. The molecule has 0 radical (unpaired) electrons. The minimum atomic E-state index is 0.661. The van der Waals surface area contributed by atoms with E-state index in [0.29, 0.717) is 6.04 Å². The van der Waals surface area contributed by atoms with E-state index in [-0.39, 0.29) is 0 Å². The molecule has 0 aromatic heterocycles. The number of hydrogen-bond acceptors (Lipinski definition) is 2. The molecule has 13 heavy (non-hydrogen) atoms. The normalized spacial score (nSPS) is 11.8. The number of hydrogen-bond donors (Lipinski definition) is 2. The third-order valence-electron chi connectivity index (χ3n) is 1.85. The van der Waals surface area contributed by atoms with Crippen molar-refractivity contribution in [3.8, 4) is 0 Å². The lowest BCUT2D eigenvalue weighted by atomic mass is 10.2. The first kappa shape index (κ1) is 15.4. The van der Waals surface area contributed by atoms with Gasteiger partial charge in [-0.3, -0.25) is 0 Å². The smallest absolute Gasteiger partial charge is 0.00508 e. The predicted octanol–water partition coefficient (Wildman–Crippen LogP) is 2.40. The van der Waals surface area contributed by atoms with Gasteiger partial charge in [-0.25, -0.2) is 0 Å². The van der Waals surface area contributed by atoms with E-state index < -0.39 is 0 Å². The molecule has 0 saturated carbocycles. The van der Waals surface area contributed by atoms with Gasteiger partial charge in [-0.05, 0) is 39.9 Å². The van der Waals surface area contributed by atoms with Crippen molar-refractivity contribution >= 4 is 0 Å². The van der Waals surface area contributed by atoms with Crippen LogP contribution in [-0.2, 0) is 0 Å². The number of unbranched alkanes of at least 4 members (excludes halogenated alkanes) is 1. The van der Waals surface area contributed by atoms with Gasteiger partial charge in [0.2, 0.25) is 0 Å². The SMILES string of the molecule is CC.CCCCNC(C)CCNC. The molecule has 0 spiro atoms. The summed E-state index contributed by atoms with van der Waals surface area (Å²) in [6.45, 7) is 10.7. The third-order valence-corrected chi connectivity index (χ3v) is 1.85. The highest BCUT2D eigenvalue weighted by Crippen LogP contribution is 1.90. The minimum absolute atomic E-state index is 0.661. The molecule has 0 rings (SSSR count). The van der Waals surface area contributed by atoms with Crippen LogP contribution in [0.25, 0.3) is 0 Å². The topological polar surface area (TPSA) is 24.1 Å². The molecule has 2 N–H and O–H groups in total. The molecule has 0 heterocycles. The molecule has 0 saturated heterocycles. The maximum atomic E-state index is 3.48. The van der Waals surface area contributed by atoms with Gasteiger partial charge in [0, 0.05) is 6.04 Å². The van der Waals surface area contributed by atoms with Gasteiger partial charge in [-0.15, -0.1) is 0 Å². The van der Waals surface area contributed by atoms with Crippen molar-refractivity contribution < 1.29 is 0 Å². The Morgan fingerprint density at radius 2 is 1.77 bits per heavy atom. The molecule has 0 fully saturated rings. The molecule has 0 aliphatic heterocycles. The lowest BCUT2D eigenvalue weighted by Crippen LogP contribution is -2.29. The molecule has 2 heteroatoms. The van der Waals surface area contributed by atoms with E-state index in [9.17, 15) is 0 Å². The van der Waals surface area contributed by atoms with E-state index in [4.69, 9.17) is 0 Å². The molecule has 0 bridgehead atoms. The van der Waals surface area contributed by atoms with E-state index in [1.54, 1.807) is 0 Å². The molecule has 0 aromatic rings. The third kappa shape index (κ3) is 14.7. The summed E-state index contributed by atoms with van der Waals surface area (Å²) in [6, 6.07) is 0.661. The van der Waals surface area contributed by atoms with Gasteiger partial charge in [-0.2, -0.15) is 0 Å². The maximum absolute atomic E-state index is 3.48. The summed E-state index contributed by atoms with van der Waals surface area (Å²) >= 11 is 0. The average molecular weight is 188 g/mol. The van der Waals surface area contributed by atoms with E-state index in [1.165, 1.54) is 25.8 Å². The molecular formula is C11H28N2. The van der Waals surface area contributed by atoms with Gasteiger partial charge >= 0.3 is 0 Å². The van der Waals surface area contributed by atoms with Crippen LogP contribution in [0.4, 0.5) is 0 Å². The monoisotopic (exact) mass is 188 g/mol. The second kappa shape index (κ2) is 14.4. The second-order valence-electron chi connectivity index (χ2n) is 3.10. The Labute approximate surface area is 84.5 Å². The molecule has 0 aliphatic rings. The standard InChI is InChI=1S/C9H22N2.C2H6/c1-4-5-7-11-9(2)6-8-10-3;1-2/h9-11H,4-8H2,1-3H3;1-2H3. The summed E-state index contributed by atoms with van der Waals surface area (Å²) in [6.07, 6.45) is 3.80. The highest BCUT2D eigenvalue weighted by Gasteiger charge is 1.97. The highest BCUT2D eigenvalue weighted by molar-refractivity contribution is 4.60. The Bertz CT molecular complexity index is 74.5. The number of rotatable bonds is 7. The summed E-state index contributed by atoms with van der Waals surface area (Å²) in [7, 11) is 2.00. The first-order valence-electron chi connectivity index (χ1n) is 5.69. The molecule has 82 valence electrons. The van der Waals surface area contributed by atoms with Gasteiger partial charge in [0.1, 0.15) is 0 Å². The summed E-state index contributed by atoms with van der Waals surface area (Å²) < 4.78 is 0. The molecule has 2 nitrogen and oxygen atoms in total. The highest BCUT2D eigenvalue weighted by atomic mass is 14.9.